The molecule has 0 atom stereocenters. The fraction of sp³-hybridized carbons (Fsp3) is 0.526. The van der Waals surface area contributed by atoms with Gasteiger partial charge in [-0.05, 0) is 12.2 Å². The third kappa shape index (κ3) is 6.17. The van der Waals surface area contributed by atoms with Gasteiger partial charge in [0, 0.05) is 23.0 Å². The molecule has 0 aliphatic heterocycles. The Labute approximate surface area is 175 Å². The Morgan fingerprint density at radius 1 is 1.07 bits per heavy atom. The number of hydrogen-bond donors (Lipinski definition) is 0. The topological polar surface area (TPSA) is 69.0 Å². The van der Waals surface area contributed by atoms with E-state index in [0.717, 1.165) is 5.56 Å². The lowest BCUT2D eigenvalue weighted by atomic mass is 9.91. The summed E-state index contributed by atoms with van der Waals surface area (Å²) in [5, 5.41) is 4.31. The van der Waals surface area contributed by atoms with Crippen molar-refractivity contribution in [3.8, 4) is 11.5 Å². The van der Waals surface area contributed by atoms with Gasteiger partial charge in [0.1, 0.15) is 6.54 Å². The molecule has 0 aromatic carbocycles. The van der Waals surface area contributed by atoms with Gasteiger partial charge in [0.05, 0.1) is 5.56 Å². The molecule has 148 valence electrons. The molecular formula is C19H27BrN3O3S+. The van der Waals surface area contributed by atoms with Gasteiger partial charge in [-0.2, -0.15) is 4.57 Å². The quantitative estimate of drug-likeness (QED) is 0.502. The van der Waals surface area contributed by atoms with Crippen LogP contribution in [0.3, 0.4) is 0 Å². The van der Waals surface area contributed by atoms with Crippen LogP contribution in [-0.2, 0) is 22.7 Å². The molecule has 0 unspecified atom stereocenters. The molecule has 8 heteroatoms. The van der Waals surface area contributed by atoms with Crippen LogP contribution in [0, 0.1) is 15.7 Å². The molecule has 0 saturated heterocycles. The van der Waals surface area contributed by atoms with Crippen molar-refractivity contribution in [3.63, 3.8) is 0 Å². The molecule has 2 rings (SSSR count). The van der Waals surface area contributed by atoms with Gasteiger partial charge in [0.15, 0.2) is 18.2 Å². The Kier molecular flexibility index (Phi) is 7.41. The maximum absolute atomic E-state index is 12.2. The van der Waals surface area contributed by atoms with E-state index in [4.69, 9.17) is 16.6 Å². The van der Waals surface area contributed by atoms with E-state index in [1.165, 1.54) is 4.68 Å². The number of carbonyl (C=O) groups is 2. The zero-order valence-corrected chi connectivity index (χ0v) is 19.1. The Morgan fingerprint density at radius 3 is 2.07 bits per heavy atom. The number of hydrogen-bond acceptors (Lipinski definition) is 5. The molecule has 2 heterocycles. The van der Waals surface area contributed by atoms with E-state index in [9.17, 15) is 9.59 Å². The zero-order chi connectivity index (χ0) is 19.7. The molecule has 0 N–H and O–H groups in total. The molecule has 0 aliphatic carbocycles. The standard InChI is InChI=1S/C19H26N3O3S.BrH/c1-18(2,3)14(23)11-21-9-7-13(8-10-21)16-20-22(17(26)25-16)12-15(24)19(4,5)6;/h7-10H,11-12H2,1-6H3;1H/q+1;. The Morgan fingerprint density at radius 2 is 1.59 bits per heavy atom. The highest BCUT2D eigenvalue weighted by atomic mass is 79.9. The average Bonchev–Trinajstić information content (AvgIpc) is 2.87. The fourth-order valence-electron chi connectivity index (χ4n) is 2.00. The minimum Gasteiger partial charge on any atom is -0.409 e. The van der Waals surface area contributed by atoms with E-state index in [0.29, 0.717) is 12.4 Å². The fourth-order valence-corrected chi connectivity index (χ4v) is 2.19. The highest BCUT2D eigenvalue weighted by molar-refractivity contribution is 8.93. The third-order valence-corrected chi connectivity index (χ3v) is 4.33. The number of carbonyl (C=O) groups excluding carboxylic acids is 2. The van der Waals surface area contributed by atoms with Crippen molar-refractivity contribution in [3.05, 3.63) is 29.4 Å². The minimum absolute atomic E-state index is 0. The number of rotatable bonds is 5. The monoisotopic (exact) mass is 456 g/mol. The molecule has 0 aliphatic rings. The Bertz CT molecular complexity index is 871. The number of halogens is 1. The summed E-state index contributed by atoms with van der Waals surface area (Å²) in [7, 11) is 0. The molecule has 0 fully saturated rings. The highest BCUT2D eigenvalue weighted by Gasteiger charge is 2.25. The van der Waals surface area contributed by atoms with Gasteiger partial charge in [0.2, 0.25) is 18.2 Å². The lowest BCUT2D eigenvalue weighted by molar-refractivity contribution is -0.684. The summed E-state index contributed by atoms with van der Waals surface area (Å²) < 4.78 is 8.74. The van der Waals surface area contributed by atoms with E-state index in [2.05, 4.69) is 5.10 Å². The molecule has 2 aromatic rings. The predicted octanol–water partition coefficient (Wildman–Crippen LogP) is 3.97. The summed E-state index contributed by atoms with van der Waals surface area (Å²) in [4.78, 5) is 24.5. The van der Waals surface area contributed by atoms with E-state index in [-0.39, 0.29) is 45.3 Å². The molecule has 0 bridgehead atoms. The van der Waals surface area contributed by atoms with Crippen molar-refractivity contribution >= 4 is 40.8 Å². The molecule has 0 saturated carbocycles. The van der Waals surface area contributed by atoms with Crippen molar-refractivity contribution in [2.45, 2.75) is 54.6 Å². The van der Waals surface area contributed by atoms with E-state index < -0.39 is 5.41 Å². The second kappa shape index (κ2) is 8.56. The van der Waals surface area contributed by atoms with Gasteiger partial charge in [-0.1, -0.05) is 41.5 Å². The molecule has 0 radical (unpaired) electrons. The Balaban J connectivity index is 0.00000364. The van der Waals surface area contributed by atoms with E-state index in [1.807, 2.05) is 58.2 Å². The first-order chi connectivity index (χ1) is 11.9. The number of pyridine rings is 1. The summed E-state index contributed by atoms with van der Waals surface area (Å²) in [5.41, 5.74) is -0.111. The normalized spacial score (nSPS) is 11.8. The van der Waals surface area contributed by atoms with Crippen LogP contribution in [0.2, 0.25) is 0 Å². The van der Waals surface area contributed by atoms with Gasteiger partial charge >= 0.3 is 0 Å². The van der Waals surface area contributed by atoms with Crippen LogP contribution in [0.25, 0.3) is 11.5 Å². The number of ketones is 2. The van der Waals surface area contributed by atoms with Crippen LogP contribution in [0.5, 0.6) is 0 Å². The van der Waals surface area contributed by atoms with Crippen LogP contribution in [0.4, 0.5) is 0 Å². The summed E-state index contributed by atoms with van der Waals surface area (Å²) >= 11 is 5.17. The molecule has 2 aromatic heterocycles. The predicted molar refractivity (Wildman–Crippen MR) is 110 cm³/mol. The van der Waals surface area contributed by atoms with Crippen LogP contribution in [0.1, 0.15) is 41.5 Å². The van der Waals surface area contributed by atoms with Crippen LogP contribution >= 0.6 is 29.2 Å². The zero-order valence-electron chi connectivity index (χ0n) is 16.6. The number of Topliss-reactive ketones (excluding diaryl/α,β-unsaturated/α-hetero) is 2. The van der Waals surface area contributed by atoms with Crippen LogP contribution in [-0.4, -0.2) is 21.3 Å². The minimum atomic E-state index is -0.467. The first-order valence-electron chi connectivity index (χ1n) is 8.52. The number of nitrogens with zero attached hydrogens (tertiary/aromatic N) is 3. The smallest absolute Gasteiger partial charge is 0.287 e. The Hall–Kier alpha value is -1.67. The van der Waals surface area contributed by atoms with E-state index in [1.54, 1.807) is 12.4 Å². The highest BCUT2D eigenvalue weighted by Crippen LogP contribution is 2.19. The SMILES string of the molecule is Br.CC(C)(C)C(=O)Cn1nc(-c2cc[n+](CC(=O)C(C)(C)C)cc2)oc1=S. The summed E-state index contributed by atoms with van der Waals surface area (Å²) in [6, 6.07) is 3.62. The maximum Gasteiger partial charge on any atom is 0.287 e. The van der Waals surface area contributed by atoms with Gasteiger partial charge in [-0.25, -0.2) is 4.68 Å². The second-order valence-electron chi connectivity index (χ2n) is 8.44. The maximum atomic E-state index is 12.2. The lowest BCUT2D eigenvalue weighted by Crippen LogP contribution is -2.41. The first kappa shape index (κ1) is 23.4. The van der Waals surface area contributed by atoms with Crippen LogP contribution < -0.4 is 4.57 Å². The van der Waals surface area contributed by atoms with Crippen molar-refractivity contribution in [2.75, 3.05) is 0 Å². The van der Waals surface area contributed by atoms with Gasteiger partial charge in [0.25, 0.3) is 4.84 Å². The van der Waals surface area contributed by atoms with Crippen LogP contribution in [0.15, 0.2) is 28.9 Å². The van der Waals surface area contributed by atoms with Crippen molar-refractivity contribution in [1.29, 1.82) is 0 Å². The van der Waals surface area contributed by atoms with Gasteiger partial charge in [-0.15, -0.1) is 22.1 Å². The first-order valence-corrected chi connectivity index (χ1v) is 8.93. The summed E-state index contributed by atoms with van der Waals surface area (Å²) in [6.07, 6.45) is 3.60. The third-order valence-electron chi connectivity index (χ3n) is 4.04. The van der Waals surface area contributed by atoms with Gasteiger partial charge in [-0.3, -0.25) is 9.59 Å². The largest absolute Gasteiger partial charge is 0.409 e. The molecular weight excluding hydrogens is 430 g/mol. The number of aromatic nitrogens is 3. The lowest BCUT2D eigenvalue weighted by Gasteiger charge is -2.15. The van der Waals surface area contributed by atoms with Crippen molar-refractivity contribution in [1.82, 2.24) is 9.78 Å². The molecule has 6 nitrogen and oxygen atoms in total. The summed E-state index contributed by atoms with van der Waals surface area (Å²) in [5.74, 6) is 0.531. The van der Waals surface area contributed by atoms with Crippen molar-refractivity contribution < 1.29 is 18.6 Å². The molecule has 0 spiro atoms. The van der Waals surface area contributed by atoms with Crippen molar-refractivity contribution in [2.24, 2.45) is 10.8 Å². The second-order valence-corrected chi connectivity index (χ2v) is 8.79. The molecule has 0 amide bonds. The summed E-state index contributed by atoms with van der Waals surface area (Å²) in [6.45, 7) is 11.7. The van der Waals surface area contributed by atoms with Gasteiger partial charge < -0.3 is 4.42 Å². The molecule has 27 heavy (non-hydrogen) atoms. The average molecular weight is 457 g/mol. The van der Waals surface area contributed by atoms with E-state index >= 15 is 0 Å².